The molecule has 3 N–H and O–H groups in total. The molecule has 0 unspecified atom stereocenters. The first kappa shape index (κ1) is 18.4. The predicted octanol–water partition coefficient (Wildman–Crippen LogP) is 3.90. The third-order valence-electron chi connectivity index (χ3n) is 4.04. The molecule has 0 atom stereocenters. The molecule has 4 aromatic rings. The van der Waals surface area contributed by atoms with E-state index in [4.69, 9.17) is 0 Å². The number of rotatable bonds is 6. The molecule has 8 nitrogen and oxygen atoms in total. The van der Waals surface area contributed by atoms with E-state index in [1.165, 1.54) is 11.3 Å². The third-order valence-corrected chi connectivity index (χ3v) is 6.27. The molecule has 4 rings (SSSR count). The largest absolute Gasteiger partial charge is 0.325 e. The standard InChI is InChI=1S/C18H18N6O2S2/c1-3-28(25,26)24-12-9-15(27-10-12)18-19-14-7-5-4-6-13(14)17(21-18)20-16-8-11(2)22-23-16/h4-10,24H,3H2,1-2H3,(H2,19,20,21,22,23). The number of H-pyrrole nitrogens is 1. The lowest BCUT2D eigenvalue weighted by Gasteiger charge is -2.09. The molecule has 0 aliphatic carbocycles. The summed E-state index contributed by atoms with van der Waals surface area (Å²) in [7, 11) is -3.33. The van der Waals surface area contributed by atoms with Crippen LogP contribution in [0.4, 0.5) is 17.3 Å². The van der Waals surface area contributed by atoms with Crippen molar-refractivity contribution in [3.05, 3.63) is 47.5 Å². The summed E-state index contributed by atoms with van der Waals surface area (Å²) in [6, 6.07) is 11.3. The Morgan fingerprint density at radius 3 is 2.75 bits per heavy atom. The Bertz CT molecular complexity index is 1250. The van der Waals surface area contributed by atoms with E-state index < -0.39 is 10.0 Å². The first-order chi connectivity index (χ1) is 13.4. The van der Waals surface area contributed by atoms with E-state index in [0.717, 1.165) is 27.3 Å². The fraction of sp³-hybridized carbons (Fsp3) is 0.167. The van der Waals surface area contributed by atoms with Crippen molar-refractivity contribution in [2.75, 3.05) is 15.8 Å². The minimum absolute atomic E-state index is 0.0162. The molecule has 0 bridgehead atoms. The fourth-order valence-corrected chi connectivity index (χ4v) is 4.12. The monoisotopic (exact) mass is 414 g/mol. The maximum atomic E-state index is 11.8. The van der Waals surface area contributed by atoms with Gasteiger partial charge in [-0.15, -0.1) is 11.3 Å². The maximum absolute atomic E-state index is 11.8. The average Bonchev–Trinajstić information content (AvgIpc) is 3.30. The summed E-state index contributed by atoms with van der Waals surface area (Å²) in [6.07, 6.45) is 0. The highest BCUT2D eigenvalue weighted by molar-refractivity contribution is 7.92. The molecule has 3 heterocycles. The molecule has 144 valence electrons. The van der Waals surface area contributed by atoms with Gasteiger partial charge in [0, 0.05) is 16.8 Å². The van der Waals surface area contributed by atoms with E-state index >= 15 is 0 Å². The van der Waals surface area contributed by atoms with Crippen molar-refractivity contribution in [2.45, 2.75) is 13.8 Å². The number of aromatic nitrogens is 4. The van der Waals surface area contributed by atoms with Crippen LogP contribution in [0.2, 0.25) is 0 Å². The number of sulfonamides is 1. The second kappa shape index (κ2) is 7.21. The van der Waals surface area contributed by atoms with E-state index in [-0.39, 0.29) is 5.75 Å². The summed E-state index contributed by atoms with van der Waals surface area (Å²) in [5, 5.41) is 12.9. The van der Waals surface area contributed by atoms with Crippen LogP contribution in [0.5, 0.6) is 0 Å². The Hall–Kier alpha value is -2.98. The quantitative estimate of drug-likeness (QED) is 0.441. The summed E-state index contributed by atoms with van der Waals surface area (Å²) >= 11 is 1.38. The number of nitrogens with zero attached hydrogens (tertiary/aromatic N) is 3. The van der Waals surface area contributed by atoms with Crippen LogP contribution in [0.25, 0.3) is 21.6 Å². The van der Waals surface area contributed by atoms with Crippen molar-refractivity contribution in [2.24, 2.45) is 0 Å². The lowest BCUT2D eigenvalue weighted by molar-refractivity contribution is 0.602. The van der Waals surface area contributed by atoms with E-state index in [1.54, 1.807) is 18.4 Å². The predicted molar refractivity (Wildman–Crippen MR) is 113 cm³/mol. The minimum Gasteiger partial charge on any atom is -0.325 e. The van der Waals surface area contributed by atoms with Crippen molar-refractivity contribution in [1.82, 2.24) is 20.2 Å². The van der Waals surface area contributed by atoms with Gasteiger partial charge >= 0.3 is 0 Å². The van der Waals surface area contributed by atoms with E-state index in [0.29, 0.717) is 17.3 Å². The maximum Gasteiger partial charge on any atom is 0.232 e. The number of thiophene rings is 1. The molecule has 0 radical (unpaired) electrons. The number of hydrogen-bond acceptors (Lipinski definition) is 7. The summed E-state index contributed by atoms with van der Waals surface area (Å²) in [4.78, 5) is 10.1. The zero-order valence-electron chi connectivity index (χ0n) is 15.2. The summed E-state index contributed by atoms with van der Waals surface area (Å²) < 4.78 is 26.1. The van der Waals surface area contributed by atoms with Crippen molar-refractivity contribution >= 4 is 49.6 Å². The van der Waals surface area contributed by atoms with Gasteiger partial charge in [-0.3, -0.25) is 9.82 Å². The van der Waals surface area contributed by atoms with Gasteiger partial charge in [-0.2, -0.15) is 5.10 Å². The first-order valence-electron chi connectivity index (χ1n) is 8.59. The number of aryl methyl sites for hydroxylation is 1. The Balaban J connectivity index is 1.75. The van der Waals surface area contributed by atoms with Gasteiger partial charge in [0.25, 0.3) is 0 Å². The average molecular weight is 415 g/mol. The topological polar surface area (TPSA) is 113 Å². The van der Waals surface area contributed by atoms with Gasteiger partial charge in [-0.25, -0.2) is 18.4 Å². The highest BCUT2D eigenvalue weighted by atomic mass is 32.2. The van der Waals surface area contributed by atoms with Crippen LogP contribution in [-0.2, 0) is 10.0 Å². The van der Waals surface area contributed by atoms with Gasteiger partial charge in [0.05, 0.1) is 27.5 Å². The molecule has 0 saturated heterocycles. The van der Waals surface area contributed by atoms with Crippen molar-refractivity contribution in [3.8, 4) is 10.7 Å². The highest BCUT2D eigenvalue weighted by Crippen LogP contribution is 2.32. The molecule has 0 aliphatic heterocycles. The molecular formula is C18H18N6O2S2. The molecule has 28 heavy (non-hydrogen) atoms. The van der Waals surface area contributed by atoms with Crippen molar-refractivity contribution < 1.29 is 8.42 Å². The van der Waals surface area contributed by atoms with Gasteiger partial charge in [-0.05, 0) is 32.0 Å². The third kappa shape index (κ3) is 3.82. The summed E-state index contributed by atoms with van der Waals surface area (Å²) in [6.45, 7) is 3.49. The highest BCUT2D eigenvalue weighted by Gasteiger charge is 2.14. The number of aromatic amines is 1. The van der Waals surface area contributed by atoms with Crippen molar-refractivity contribution in [3.63, 3.8) is 0 Å². The number of hydrogen-bond donors (Lipinski definition) is 3. The second-order valence-corrected chi connectivity index (χ2v) is 9.09. The molecule has 10 heteroatoms. The first-order valence-corrected chi connectivity index (χ1v) is 11.1. The zero-order valence-corrected chi connectivity index (χ0v) is 16.9. The molecule has 0 amide bonds. The number of benzene rings is 1. The van der Waals surface area contributed by atoms with E-state index in [9.17, 15) is 8.42 Å². The van der Waals surface area contributed by atoms with Gasteiger partial charge in [0.1, 0.15) is 11.6 Å². The van der Waals surface area contributed by atoms with Crippen LogP contribution in [0.15, 0.2) is 41.8 Å². The number of nitrogens with one attached hydrogen (secondary N) is 3. The Morgan fingerprint density at radius 2 is 2.00 bits per heavy atom. The van der Waals surface area contributed by atoms with Crippen LogP contribution in [-0.4, -0.2) is 34.3 Å². The molecule has 0 fully saturated rings. The van der Waals surface area contributed by atoms with Crippen LogP contribution in [0.1, 0.15) is 12.6 Å². The normalized spacial score (nSPS) is 11.6. The van der Waals surface area contributed by atoms with Crippen LogP contribution < -0.4 is 10.0 Å². The molecule has 1 aromatic carbocycles. The number of anilines is 3. The van der Waals surface area contributed by atoms with Crippen LogP contribution in [0.3, 0.4) is 0 Å². The van der Waals surface area contributed by atoms with E-state index in [2.05, 4.69) is 30.2 Å². The summed E-state index contributed by atoms with van der Waals surface area (Å²) in [5.74, 6) is 1.91. The zero-order chi connectivity index (χ0) is 19.7. The van der Waals surface area contributed by atoms with Gasteiger partial charge < -0.3 is 5.32 Å². The molecule has 0 saturated carbocycles. The lowest BCUT2D eigenvalue weighted by atomic mass is 10.2. The van der Waals surface area contributed by atoms with Gasteiger partial charge in [-0.1, -0.05) is 12.1 Å². The minimum atomic E-state index is -3.33. The Kier molecular flexibility index (Phi) is 4.73. The molecular weight excluding hydrogens is 396 g/mol. The van der Waals surface area contributed by atoms with Gasteiger partial charge in [0.2, 0.25) is 10.0 Å². The second-order valence-electron chi connectivity index (χ2n) is 6.17. The van der Waals surface area contributed by atoms with Crippen LogP contribution in [0, 0.1) is 6.92 Å². The lowest BCUT2D eigenvalue weighted by Crippen LogP contribution is -2.13. The molecule has 0 spiro atoms. The number of para-hydroxylation sites is 1. The fourth-order valence-electron chi connectivity index (χ4n) is 2.65. The van der Waals surface area contributed by atoms with Crippen molar-refractivity contribution in [1.29, 1.82) is 0 Å². The SMILES string of the molecule is CCS(=O)(=O)Nc1csc(-c2nc(Nc3cc(C)n[nH]3)c3ccccc3n2)c1. The van der Waals surface area contributed by atoms with Crippen LogP contribution >= 0.6 is 11.3 Å². The van der Waals surface area contributed by atoms with E-state index in [1.807, 2.05) is 37.3 Å². The Morgan fingerprint density at radius 1 is 1.18 bits per heavy atom. The molecule has 0 aliphatic rings. The summed E-state index contributed by atoms with van der Waals surface area (Å²) in [5.41, 5.74) is 2.17. The van der Waals surface area contributed by atoms with Gasteiger partial charge in [0.15, 0.2) is 5.82 Å². The smallest absolute Gasteiger partial charge is 0.232 e. The number of fused-ring (bicyclic) bond motifs is 1. The molecule has 3 aromatic heterocycles. The Labute approximate surface area is 166 Å².